The highest BCUT2D eigenvalue weighted by Crippen LogP contribution is 2.52. The number of aliphatic hydroxyl groups is 1. The van der Waals surface area contributed by atoms with Crippen LogP contribution < -0.4 is 4.90 Å². The minimum absolute atomic E-state index is 0.323. The van der Waals surface area contributed by atoms with Crippen LogP contribution in [0.3, 0.4) is 0 Å². The molecule has 15 heavy (non-hydrogen) atoms. The Morgan fingerprint density at radius 1 is 1.20 bits per heavy atom. The SMILES string of the molecule is OCC1C2CN(c3ccccc3O)CC12. The lowest BCUT2D eigenvalue weighted by Crippen LogP contribution is -2.24. The molecule has 2 N–H and O–H groups in total. The lowest BCUT2D eigenvalue weighted by molar-refractivity contribution is 0.260. The van der Waals surface area contributed by atoms with Crippen molar-refractivity contribution in [2.45, 2.75) is 0 Å². The third-order valence-electron chi connectivity index (χ3n) is 3.80. The smallest absolute Gasteiger partial charge is 0.138 e. The molecule has 2 unspecified atom stereocenters. The summed E-state index contributed by atoms with van der Waals surface area (Å²) in [6.45, 7) is 2.28. The van der Waals surface area contributed by atoms with E-state index in [0.717, 1.165) is 18.8 Å². The summed E-state index contributed by atoms with van der Waals surface area (Å²) in [4.78, 5) is 2.22. The van der Waals surface area contributed by atoms with Crippen LogP contribution in [0.2, 0.25) is 0 Å². The Morgan fingerprint density at radius 2 is 1.87 bits per heavy atom. The average Bonchev–Trinajstić information content (AvgIpc) is 2.72. The molecule has 1 saturated carbocycles. The van der Waals surface area contributed by atoms with Crippen LogP contribution in [0.1, 0.15) is 0 Å². The lowest BCUT2D eigenvalue weighted by atomic mass is 10.2. The highest BCUT2D eigenvalue weighted by atomic mass is 16.3. The van der Waals surface area contributed by atoms with E-state index in [1.165, 1.54) is 0 Å². The maximum atomic E-state index is 9.70. The van der Waals surface area contributed by atoms with Crippen LogP contribution in [-0.2, 0) is 0 Å². The standard InChI is InChI=1S/C12H15NO2/c14-7-10-8-5-13(6-9(8)10)11-3-1-2-4-12(11)15/h1-4,8-10,14-15H,5-7H2. The van der Waals surface area contributed by atoms with Crippen LogP contribution in [0.15, 0.2) is 24.3 Å². The van der Waals surface area contributed by atoms with Gasteiger partial charge < -0.3 is 15.1 Å². The van der Waals surface area contributed by atoms with Crippen LogP contribution in [0.4, 0.5) is 5.69 Å². The largest absolute Gasteiger partial charge is 0.506 e. The van der Waals surface area contributed by atoms with E-state index in [1.807, 2.05) is 18.2 Å². The van der Waals surface area contributed by atoms with Gasteiger partial charge in [-0.05, 0) is 29.9 Å². The number of fused-ring (bicyclic) bond motifs is 1. The van der Waals surface area contributed by atoms with Gasteiger partial charge in [0.15, 0.2) is 0 Å². The summed E-state index contributed by atoms with van der Waals surface area (Å²) in [5.41, 5.74) is 0.932. The second kappa shape index (κ2) is 3.14. The fourth-order valence-corrected chi connectivity index (χ4v) is 2.85. The first-order valence-electron chi connectivity index (χ1n) is 5.45. The number of piperidine rings is 1. The predicted octanol–water partition coefficient (Wildman–Crippen LogP) is 1.07. The number of anilines is 1. The van der Waals surface area contributed by atoms with Crippen LogP contribution in [0, 0.1) is 17.8 Å². The molecule has 1 aliphatic heterocycles. The van der Waals surface area contributed by atoms with E-state index >= 15 is 0 Å². The highest BCUT2D eigenvalue weighted by molar-refractivity contribution is 5.59. The van der Waals surface area contributed by atoms with Gasteiger partial charge in [-0.15, -0.1) is 0 Å². The zero-order valence-electron chi connectivity index (χ0n) is 8.50. The second-order valence-electron chi connectivity index (χ2n) is 4.57. The number of hydrogen-bond acceptors (Lipinski definition) is 3. The molecular weight excluding hydrogens is 190 g/mol. The minimum atomic E-state index is 0.323. The summed E-state index contributed by atoms with van der Waals surface area (Å²) in [7, 11) is 0. The molecule has 2 aliphatic rings. The summed E-state index contributed by atoms with van der Waals surface area (Å²) >= 11 is 0. The van der Waals surface area contributed by atoms with E-state index < -0.39 is 0 Å². The maximum Gasteiger partial charge on any atom is 0.138 e. The van der Waals surface area contributed by atoms with E-state index in [4.69, 9.17) is 5.11 Å². The first-order chi connectivity index (χ1) is 7.31. The van der Waals surface area contributed by atoms with E-state index in [2.05, 4.69) is 4.90 Å². The fraction of sp³-hybridized carbons (Fsp3) is 0.500. The molecule has 1 aromatic rings. The molecule has 3 rings (SSSR count). The van der Waals surface area contributed by atoms with Crippen molar-refractivity contribution >= 4 is 5.69 Å². The molecule has 1 heterocycles. The normalized spacial score (nSPS) is 32.9. The van der Waals surface area contributed by atoms with Gasteiger partial charge in [0, 0.05) is 19.7 Å². The van der Waals surface area contributed by atoms with Gasteiger partial charge in [0.05, 0.1) is 5.69 Å². The van der Waals surface area contributed by atoms with Gasteiger partial charge in [-0.2, -0.15) is 0 Å². The molecule has 1 saturated heterocycles. The first-order valence-corrected chi connectivity index (χ1v) is 5.45. The molecule has 3 heteroatoms. The molecule has 80 valence electrons. The van der Waals surface area contributed by atoms with Crippen molar-refractivity contribution < 1.29 is 10.2 Å². The minimum Gasteiger partial charge on any atom is -0.506 e. The number of rotatable bonds is 2. The average molecular weight is 205 g/mol. The molecular formula is C12H15NO2. The maximum absolute atomic E-state index is 9.70. The zero-order chi connectivity index (χ0) is 10.4. The Bertz CT molecular complexity index is 368. The molecule has 2 fully saturated rings. The number of para-hydroxylation sites is 2. The monoisotopic (exact) mass is 205 g/mol. The van der Waals surface area contributed by atoms with Crippen LogP contribution >= 0.6 is 0 Å². The molecule has 3 nitrogen and oxygen atoms in total. The van der Waals surface area contributed by atoms with Crippen molar-refractivity contribution in [1.82, 2.24) is 0 Å². The highest BCUT2D eigenvalue weighted by Gasteiger charge is 2.55. The summed E-state index contributed by atoms with van der Waals surface area (Å²) < 4.78 is 0. The van der Waals surface area contributed by atoms with Crippen molar-refractivity contribution in [3.05, 3.63) is 24.3 Å². The van der Waals surface area contributed by atoms with Crippen molar-refractivity contribution in [3.8, 4) is 5.75 Å². The van der Waals surface area contributed by atoms with Crippen LogP contribution in [-0.4, -0.2) is 29.9 Å². The van der Waals surface area contributed by atoms with E-state index in [0.29, 0.717) is 30.1 Å². The fourth-order valence-electron chi connectivity index (χ4n) is 2.85. The third-order valence-corrected chi connectivity index (χ3v) is 3.80. The van der Waals surface area contributed by atoms with Gasteiger partial charge in [0.25, 0.3) is 0 Å². The van der Waals surface area contributed by atoms with Gasteiger partial charge in [-0.3, -0.25) is 0 Å². The Morgan fingerprint density at radius 3 is 2.47 bits per heavy atom. The van der Waals surface area contributed by atoms with Gasteiger partial charge in [-0.1, -0.05) is 12.1 Å². The molecule has 0 aromatic heterocycles. The Hall–Kier alpha value is -1.22. The summed E-state index contributed by atoms with van der Waals surface area (Å²) in [6.07, 6.45) is 0. The third kappa shape index (κ3) is 1.30. The Balaban J connectivity index is 1.75. The number of aliphatic hydroxyl groups excluding tert-OH is 1. The van der Waals surface area contributed by atoms with Gasteiger partial charge in [0.1, 0.15) is 5.75 Å². The topological polar surface area (TPSA) is 43.7 Å². The molecule has 1 aromatic carbocycles. The molecule has 2 atom stereocenters. The quantitative estimate of drug-likeness (QED) is 0.759. The van der Waals surface area contributed by atoms with Crippen molar-refractivity contribution in [2.24, 2.45) is 17.8 Å². The van der Waals surface area contributed by atoms with E-state index in [9.17, 15) is 5.11 Å². The summed E-state index contributed by atoms with van der Waals surface area (Å²) in [6, 6.07) is 7.46. The number of hydrogen-bond donors (Lipinski definition) is 2. The van der Waals surface area contributed by atoms with Crippen LogP contribution in [0.5, 0.6) is 5.75 Å². The lowest BCUT2D eigenvalue weighted by Gasteiger charge is -2.22. The number of phenolic OH excluding ortho intramolecular Hbond substituents is 1. The van der Waals surface area contributed by atoms with E-state index in [1.54, 1.807) is 6.07 Å². The van der Waals surface area contributed by atoms with Crippen molar-refractivity contribution in [2.75, 3.05) is 24.6 Å². The molecule has 0 bridgehead atoms. The first kappa shape index (κ1) is 9.04. The zero-order valence-corrected chi connectivity index (χ0v) is 8.50. The predicted molar refractivity (Wildman–Crippen MR) is 57.9 cm³/mol. The number of benzene rings is 1. The van der Waals surface area contributed by atoms with Gasteiger partial charge >= 0.3 is 0 Å². The number of aromatic hydroxyl groups is 1. The summed E-state index contributed by atoms with van der Waals surface area (Å²) in [5.74, 6) is 2.18. The summed E-state index contributed by atoms with van der Waals surface area (Å²) in [5, 5.41) is 18.8. The van der Waals surface area contributed by atoms with Crippen LogP contribution in [0.25, 0.3) is 0 Å². The Kier molecular flexibility index (Phi) is 1.89. The molecule has 0 spiro atoms. The van der Waals surface area contributed by atoms with Gasteiger partial charge in [0.2, 0.25) is 0 Å². The second-order valence-corrected chi connectivity index (χ2v) is 4.57. The Labute approximate surface area is 89.0 Å². The van der Waals surface area contributed by atoms with Gasteiger partial charge in [-0.25, -0.2) is 0 Å². The molecule has 0 amide bonds. The van der Waals surface area contributed by atoms with Crippen molar-refractivity contribution in [1.29, 1.82) is 0 Å². The number of nitrogens with zero attached hydrogens (tertiary/aromatic N) is 1. The number of phenols is 1. The van der Waals surface area contributed by atoms with Crippen molar-refractivity contribution in [3.63, 3.8) is 0 Å². The van der Waals surface area contributed by atoms with E-state index in [-0.39, 0.29) is 0 Å². The molecule has 1 aliphatic carbocycles. The molecule has 0 radical (unpaired) electrons.